The average molecular weight is 385 g/mol. The lowest BCUT2D eigenvalue weighted by molar-refractivity contribution is -0.140. The first-order valence-electron chi connectivity index (χ1n) is 8.76. The van der Waals surface area contributed by atoms with E-state index >= 15 is 0 Å². The van der Waals surface area contributed by atoms with Crippen molar-refractivity contribution in [3.05, 3.63) is 28.3 Å². The molecule has 3 rings (SSSR count). The number of aryl methyl sites for hydroxylation is 1. The van der Waals surface area contributed by atoms with Crippen molar-refractivity contribution >= 4 is 27.5 Å². The number of hydrogen-bond donors (Lipinski definition) is 1. The molecule has 0 saturated carbocycles. The molecule has 0 spiro atoms. The molecule has 4 nitrogen and oxygen atoms in total. The van der Waals surface area contributed by atoms with Crippen molar-refractivity contribution in [2.24, 2.45) is 0 Å². The van der Waals surface area contributed by atoms with Crippen molar-refractivity contribution in [2.45, 2.75) is 45.3 Å². The second-order valence-electron chi connectivity index (χ2n) is 6.84. The Labute approximate surface area is 154 Å². The molecule has 0 aliphatic carbocycles. The lowest BCUT2D eigenvalue weighted by Gasteiger charge is -2.29. The number of piperidine rings is 1. The summed E-state index contributed by atoms with van der Waals surface area (Å²) in [6.07, 6.45) is -0.866. The van der Waals surface area contributed by atoms with E-state index in [4.69, 9.17) is 0 Å². The zero-order valence-corrected chi connectivity index (χ0v) is 15.6. The fraction of sp³-hybridized carbons (Fsp3) is 0.556. The number of carbonyl (C=O) groups is 1. The van der Waals surface area contributed by atoms with Gasteiger partial charge < -0.3 is 10.2 Å². The Morgan fingerprint density at radius 2 is 2.00 bits per heavy atom. The molecule has 26 heavy (non-hydrogen) atoms. The molecule has 2 aromatic rings. The van der Waals surface area contributed by atoms with Gasteiger partial charge in [0.15, 0.2) is 0 Å². The summed E-state index contributed by atoms with van der Waals surface area (Å²) in [5, 5.41) is 3.56. The van der Waals surface area contributed by atoms with Gasteiger partial charge in [-0.25, -0.2) is 4.98 Å². The normalized spacial score (nSPS) is 17.4. The minimum atomic E-state index is -4.49. The number of carbonyl (C=O) groups excluding carboxylic acids is 1. The highest BCUT2D eigenvalue weighted by molar-refractivity contribution is 7.20. The van der Waals surface area contributed by atoms with Crippen LogP contribution in [0.3, 0.4) is 0 Å². The lowest BCUT2D eigenvalue weighted by atomic mass is 10.1. The van der Waals surface area contributed by atoms with Crippen molar-refractivity contribution in [3.8, 4) is 0 Å². The number of aromatic nitrogens is 1. The molecule has 1 unspecified atom stereocenters. The van der Waals surface area contributed by atoms with Gasteiger partial charge in [-0.1, -0.05) is 6.42 Å². The van der Waals surface area contributed by atoms with E-state index in [0.717, 1.165) is 37.0 Å². The molecule has 1 fully saturated rings. The van der Waals surface area contributed by atoms with Gasteiger partial charge in [0, 0.05) is 18.0 Å². The summed E-state index contributed by atoms with van der Waals surface area (Å²) in [4.78, 5) is 19.3. The molecule has 1 aliphatic heterocycles. The van der Waals surface area contributed by atoms with Gasteiger partial charge in [0.05, 0.1) is 4.88 Å². The highest BCUT2D eigenvalue weighted by Crippen LogP contribution is 2.34. The smallest absolute Gasteiger partial charge is 0.348 e. The molecule has 0 radical (unpaired) electrons. The average Bonchev–Trinajstić information content (AvgIpc) is 2.91. The predicted octanol–water partition coefficient (Wildman–Crippen LogP) is 4.23. The number of pyridine rings is 1. The number of rotatable bonds is 4. The molecule has 3 heterocycles. The van der Waals surface area contributed by atoms with Crippen molar-refractivity contribution in [2.75, 3.05) is 19.6 Å². The molecule has 1 atom stereocenters. The van der Waals surface area contributed by atoms with Gasteiger partial charge in [-0.2, -0.15) is 13.2 Å². The first-order chi connectivity index (χ1) is 12.3. The number of hydrogen-bond acceptors (Lipinski definition) is 4. The van der Waals surface area contributed by atoms with Gasteiger partial charge in [-0.05, 0) is 57.5 Å². The molecule has 142 valence electrons. The van der Waals surface area contributed by atoms with Crippen molar-refractivity contribution < 1.29 is 18.0 Å². The predicted molar refractivity (Wildman–Crippen MR) is 96.6 cm³/mol. The molecule has 2 aromatic heterocycles. The summed E-state index contributed by atoms with van der Waals surface area (Å²) in [5.41, 5.74) is -0.259. The zero-order chi connectivity index (χ0) is 18.9. The van der Waals surface area contributed by atoms with Gasteiger partial charge in [0.2, 0.25) is 0 Å². The Morgan fingerprint density at radius 3 is 2.65 bits per heavy atom. The monoisotopic (exact) mass is 385 g/mol. The Hall–Kier alpha value is -1.67. The van der Waals surface area contributed by atoms with Crippen LogP contribution in [-0.2, 0) is 6.18 Å². The minimum Gasteiger partial charge on any atom is -0.348 e. The van der Waals surface area contributed by atoms with Crippen LogP contribution in [0.15, 0.2) is 12.1 Å². The number of thiophene rings is 1. The van der Waals surface area contributed by atoms with Gasteiger partial charge >= 0.3 is 6.18 Å². The van der Waals surface area contributed by atoms with E-state index in [9.17, 15) is 18.0 Å². The zero-order valence-electron chi connectivity index (χ0n) is 14.8. The number of nitrogens with one attached hydrogen (secondary N) is 1. The highest BCUT2D eigenvalue weighted by Gasteiger charge is 2.33. The fourth-order valence-corrected chi connectivity index (χ4v) is 4.42. The molecule has 1 saturated heterocycles. The maximum absolute atomic E-state index is 12.8. The highest BCUT2D eigenvalue weighted by atomic mass is 32.1. The largest absolute Gasteiger partial charge is 0.433 e. The van der Waals surface area contributed by atoms with Crippen LogP contribution in [0.2, 0.25) is 0 Å². The van der Waals surface area contributed by atoms with Crippen LogP contribution in [-0.4, -0.2) is 41.5 Å². The number of halogens is 3. The molecular weight excluding hydrogens is 363 g/mol. The number of fused-ring (bicyclic) bond motifs is 1. The first-order valence-corrected chi connectivity index (χ1v) is 9.58. The van der Waals surface area contributed by atoms with Crippen molar-refractivity contribution in [1.82, 2.24) is 15.2 Å². The van der Waals surface area contributed by atoms with Crippen LogP contribution in [0, 0.1) is 6.92 Å². The third-order valence-electron chi connectivity index (χ3n) is 4.66. The molecule has 1 amide bonds. The number of nitrogens with zero attached hydrogens (tertiary/aromatic N) is 2. The van der Waals surface area contributed by atoms with Crippen molar-refractivity contribution in [1.29, 1.82) is 0 Å². The Morgan fingerprint density at radius 1 is 1.31 bits per heavy atom. The van der Waals surface area contributed by atoms with E-state index in [1.54, 1.807) is 6.92 Å². The quantitative estimate of drug-likeness (QED) is 0.857. The Kier molecular flexibility index (Phi) is 5.53. The van der Waals surface area contributed by atoms with E-state index < -0.39 is 11.9 Å². The fourth-order valence-electron chi connectivity index (χ4n) is 3.34. The maximum Gasteiger partial charge on any atom is 0.433 e. The Bertz CT molecular complexity index is 797. The SMILES string of the molecule is Cc1c(C(=O)NC(C)CN2CCCCC2)sc2nc(C(F)(F)F)ccc12. The molecule has 0 bridgehead atoms. The third-order valence-corrected chi connectivity index (χ3v) is 5.86. The first kappa shape index (κ1) is 19.1. The van der Waals surface area contributed by atoms with Gasteiger partial charge in [0.1, 0.15) is 10.5 Å². The second kappa shape index (κ2) is 7.52. The maximum atomic E-state index is 12.8. The Balaban J connectivity index is 1.74. The lowest BCUT2D eigenvalue weighted by Crippen LogP contribution is -2.43. The van der Waals surface area contributed by atoms with Crippen molar-refractivity contribution in [3.63, 3.8) is 0 Å². The molecular formula is C18H22F3N3OS. The van der Waals surface area contributed by atoms with Crippen LogP contribution in [0.4, 0.5) is 13.2 Å². The van der Waals surface area contributed by atoms with Crippen LogP contribution >= 0.6 is 11.3 Å². The standard InChI is InChI=1S/C18H22F3N3OS/c1-11(10-24-8-4-3-5-9-24)22-16(25)15-12(2)13-6-7-14(18(19,20)21)23-17(13)26-15/h6-7,11H,3-5,8-10H2,1-2H3,(H,22,25). The van der Waals surface area contributed by atoms with Crippen LogP contribution in [0.1, 0.15) is 47.1 Å². The number of likely N-dealkylation sites (tertiary alicyclic amines) is 1. The summed E-state index contributed by atoms with van der Waals surface area (Å²) in [5.74, 6) is -0.247. The molecule has 1 N–H and O–H groups in total. The topological polar surface area (TPSA) is 45.2 Å². The van der Waals surface area contributed by atoms with E-state index in [2.05, 4.69) is 15.2 Å². The summed E-state index contributed by atoms with van der Waals surface area (Å²) < 4.78 is 38.5. The van der Waals surface area contributed by atoms with Gasteiger partial charge in [0.25, 0.3) is 5.91 Å². The second-order valence-corrected chi connectivity index (χ2v) is 7.84. The van der Waals surface area contributed by atoms with Crippen LogP contribution in [0.5, 0.6) is 0 Å². The van der Waals surface area contributed by atoms with Gasteiger partial charge in [-0.3, -0.25) is 4.79 Å². The molecule has 8 heteroatoms. The third kappa shape index (κ3) is 4.17. The van der Waals surface area contributed by atoms with Crippen LogP contribution < -0.4 is 5.32 Å². The van der Waals surface area contributed by atoms with E-state index in [0.29, 0.717) is 15.8 Å². The molecule has 0 aromatic carbocycles. The summed E-state index contributed by atoms with van der Waals surface area (Å²) in [7, 11) is 0. The van der Waals surface area contributed by atoms with Crippen LogP contribution in [0.25, 0.3) is 10.2 Å². The van der Waals surface area contributed by atoms with Gasteiger partial charge in [-0.15, -0.1) is 11.3 Å². The summed E-state index contributed by atoms with van der Waals surface area (Å²) in [6, 6.07) is 2.33. The number of amides is 1. The minimum absolute atomic E-state index is 0.0242. The van der Waals surface area contributed by atoms with E-state index in [1.807, 2.05) is 6.92 Å². The van der Waals surface area contributed by atoms with E-state index in [-0.39, 0.29) is 16.8 Å². The van der Waals surface area contributed by atoms with E-state index in [1.165, 1.54) is 25.3 Å². The summed E-state index contributed by atoms with van der Waals surface area (Å²) >= 11 is 1.01. The molecule has 1 aliphatic rings. The number of alkyl halides is 3. The summed E-state index contributed by atoms with van der Waals surface area (Å²) in [6.45, 7) is 6.58.